The molecule has 0 fully saturated rings. The summed E-state index contributed by atoms with van der Waals surface area (Å²) < 4.78 is 13.2. The highest BCUT2D eigenvalue weighted by atomic mass is 79.9. The van der Waals surface area contributed by atoms with Crippen molar-refractivity contribution in [2.24, 2.45) is 0 Å². The number of hydrogen-bond donors (Lipinski definition) is 0. The van der Waals surface area contributed by atoms with Crippen LogP contribution in [0.25, 0.3) is 27.6 Å². The summed E-state index contributed by atoms with van der Waals surface area (Å²) in [6, 6.07) is 33.9. The topological polar surface area (TPSA) is 36.2 Å². The molecule has 2 aromatic heterocycles. The zero-order valence-electron chi connectivity index (χ0n) is 26.4. The molecule has 0 saturated heterocycles. The molecule has 0 radical (unpaired) electrons. The summed E-state index contributed by atoms with van der Waals surface area (Å²) >= 11 is 7.14. The average molecular weight is 737 g/mol. The maximum Gasteiger partial charge on any atom is 0.322 e. The molecule has 4 nitrogen and oxygen atoms in total. The summed E-state index contributed by atoms with van der Waals surface area (Å²) in [4.78, 5) is 14.0. The van der Waals surface area contributed by atoms with Crippen LogP contribution in [0.2, 0.25) is 0 Å². The molecule has 4 aromatic carbocycles. The third kappa shape index (κ3) is 5.46. The molecule has 0 aliphatic carbocycles. The highest BCUT2D eigenvalue weighted by Crippen LogP contribution is 2.45. The summed E-state index contributed by atoms with van der Waals surface area (Å²) in [6.07, 6.45) is 2.08. The lowest BCUT2D eigenvalue weighted by Gasteiger charge is -2.17. The zero-order valence-corrected chi connectivity index (χ0v) is 29.6. The number of fused-ring (bicyclic) bond motifs is 2. The average Bonchev–Trinajstić information content (AvgIpc) is 3.69. The lowest BCUT2D eigenvalue weighted by molar-refractivity contribution is -0.135. The van der Waals surface area contributed by atoms with E-state index in [1.807, 2.05) is 0 Å². The van der Waals surface area contributed by atoms with Gasteiger partial charge in [0.25, 0.3) is 0 Å². The van der Waals surface area contributed by atoms with Gasteiger partial charge in [0.05, 0.1) is 0 Å². The van der Waals surface area contributed by atoms with E-state index in [9.17, 15) is 4.79 Å². The van der Waals surface area contributed by atoms with Crippen molar-refractivity contribution in [1.29, 1.82) is 0 Å². The van der Waals surface area contributed by atoms with Crippen LogP contribution in [0.4, 0.5) is 0 Å². The van der Waals surface area contributed by atoms with Gasteiger partial charge in [-0.05, 0) is 71.0 Å². The minimum Gasteiger partial charge on any atom is -0.425 e. The van der Waals surface area contributed by atoms with Gasteiger partial charge in [-0.2, -0.15) is 0 Å². The Balaban J connectivity index is 1.39. The predicted molar refractivity (Wildman–Crippen MR) is 195 cm³/mol. The predicted octanol–water partition coefficient (Wildman–Crippen LogP) is 11.1. The van der Waals surface area contributed by atoms with Crippen LogP contribution < -0.4 is 0 Å². The molecule has 0 bridgehead atoms. The molecular formula is C40H36Br2N2O2. The van der Waals surface area contributed by atoms with Crippen molar-refractivity contribution in [3.05, 3.63) is 146 Å². The van der Waals surface area contributed by atoms with E-state index in [1.54, 1.807) is 0 Å². The van der Waals surface area contributed by atoms with Gasteiger partial charge in [-0.15, -0.1) is 0 Å². The van der Waals surface area contributed by atoms with Gasteiger partial charge in [-0.25, -0.2) is 0 Å². The lowest BCUT2D eigenvalue weighted by atomic mass is 9.91. The van der Waals surface area contributed by atoms with Gasteiger partial charge in [0.15, 0.2) is 0 Å². The van der Waals surface area contributed by atoms with Crippen molar-refractivity contribution in [2.75, 3.05) is 0 Å². The van der Waals surface area contributed by atoms with Crippen LogP contribution in [0.5, 0.6) is 0 Å². The van der Waals surface area contributed by atoms with Gasteiger partial charge in [-0.1, -0.05) is 120 Å². The van der Waals surface area contributed by atoms with E-state index < -0.39 is 5.92 Å². The number of carbonyl (C=O) groups excluding carboxylic acids is 1. The second-order valence-electron chi connectivity index (χ2n) is 12.8. The number of halogens is 2. The summed E-state index contributed by atoms with van der Waals surface area (Å²) in [7, 11) is 0. The van der Waals surface area contributed by atoms with Gasteiger partial charge in [0.2, 0.25) is 0 Å². The number of carbonyl (C=O) groups is 1. The molecule has 6 aromatic rings. The minimum atomic E-state index is -0.503. The van der Waals surface area contributed by atoms with Crippen LogP contribution in [0.1, 0.15) is 79.1 Å². The molecule has 6 heteroatoms. The quantitative estimate of drug-likeness (QED) is 0.146. The fourth-order valence-corrected chi connectivity index (χ4v) is 7.66. The van der Waals surface area contributed by atoms with Crippen molar-refractivity contribution in [3.63, 3.8) is 0 Å². The normalized spacial score (nSPS) is 15.0. The Bertz CT molecular complexity index is 2120. The van der Waals surface area contributed by atoms with Crippen molar-refractivity contribution < 1.29 is 9.53 Å². The van der Waals surface area contributed by atoms with Gasteiger partial charge in [-0.3, -0.25) is 4.79 Å². The number of rotatable bonds is 8. The Hall–Kier alpha value is -3.87. The number of ether oxygens (including phenoxy) is 1. The first-order valence-electron chi connectivity index (χ1n) is 15.9. The molecule has 0 spiro atoms. The SMILES string of the molecule is CC(C)c1c(C2=CC(c3c(C(C)C)n(Cc4ccc(Br)cc4)c4ccccc34)C(=O)O2)c2ccccc2n1Cc1ccc(Br)cc1. The van der Waals surface area contributed by atoms with Crippen LogP contribution in [-0.4, -0.2) is 15.1 Å². The highest BCUT2D eigenvalue weighted by molar-refractivity contribution is 9.10. The van der Waals surface area contributed by atoms with E-state index >= 15 is 0 Å². The zero-order chi connectivity index (χ0) is 32.1. The molecule has 0 N–H and O–H groups in total. The number of para-hydroxylation sites is 2. The third-order valence-electron chi connectivity index (χ3n) is 9.00. The van der Waals surface area contributed by atoms with E-state index in [1.165, 1.54) is 22.5 Å². The van der Waals surface area contributed by atoms with Gasteiger partial charge >= 0.3 is 5.97 Å². The number of benzene rings is 4. The minimum absolute atomic E-state index is 0.196. The number of cyclic esters (lactones) is 1. The Morgan fingerprint density at radius 2 is 1.13 bits per heavy atom. The second kappa shape index (κ2) is 12.4. The van der Waals surface area contributed by atoms with E-state index in [0.717, 1.165) is 55.0 Å². The Morgan fingerprint density at radius 1 is 0.652 bits per heavy atom. The maximum atomic E-state index is 14.0. The van der Waals surface area contributed by atoms with Crippen LogP contribution in [0, 0.1) is 0 Å². The van der Waals surface area contributed by atoms with Gasteiger partial charge in [0, 0.05) is 60.8 Å². The Morgan fingerprint density at radius 3 is 1.67 bits per heavy atom. The molecule has 1 aliphatic heterocycles. The first kappa shape index (κ1) is 30.8. The molecular weight excluding hydrogens is 700 g/mol. The van der Waals surface area contributed by atoms with Crippen LogP contribution in [0.3, 0.4) is 0 Å². The van der Waals surface area contributed by atoms with E-state index in [2.05, 4.69) is 172 Å². The van der Waals surface area contributed by atoms with Crippen LogP contribution in [-0.2, 0) is 22.6 Å². The largest absolute Gasteiger partial charge is 0.425 e. The standard InChI is InChI=1S/C40H36Br2N2O2/c1-24(2)38-36(30-9-5-7-11-33(30)43(38)22-26-13-17-28(41)18-14-26)32-21-35(46-40(32)45)37-31-10-6-8-12-34(31)44(39(37)25(3)4)23-27-15-19-29(42)20-16-27/h5-21,24-25,32H,22-23H2,1-4H3. The number of aromatic nitrogens is 2. The summed E-state index contributed by atoms with van der Waals surface area (Å²) in [5.41, 5.74) is 9.11. The summed E-state index contributed by atoms with van der Waals surface area (Å²) in [6.45, 7) is 10.3. The smallest absolute Gasteiger partial charge is 0.322 e. The molecule has 0 saturated carbocycles. The molecule has 232 valence electrons. The van der Waals surface area contributed by atoms with Crippen molar-refractivity contribution in [3.8, 4) is 0 Å². The number of esters is 1. The van der Waals surface area contributed by atoms with Crippen LogP contribution >= 0.6 is 31.9 Å². The van der Waals surface area contributed by atoms with E-state index in [4.69, 9.17) is 4.74 Å². The number of hydrogen-bond acceptors (Lipinski definition) is 2. The van der Waals surface area contributed by atoms with Gasteiger partial charge < -0.3 is 13.9 Å². The van der Waals surface area contributed by atoms with Crippen molar-refractivity contribution >= 4 is 65.4 Å². The summed E-state index contributed by atoms with van der Waals surface area (Å²) in [5, 5.41) is 2.20. The Kier molecular flexibility index (Phi) is 8.28. The summed E-state index contributed by atoms with van der Waals surface area (Å²) in [5.74, 6) is 0.335. The molecule has 1 atom stereocenters. The molecule has 3 heterocycles. The van der Waals surface area contributed by atoms with Crippen LogP contribution in [0.15, 0.2) is 112 Å². The fraction of sp³-hybridized carbons (Fsp3) is 0.225. The monoisotopic (exact) mass is 734 g/mol. The first-order valence-corrected chi connectivity index (χ1v) is 17.4. The lowest BCUT2D eigenvalue weighted by Crippen LogP contribution is -2.12. The molecule has 46 heavy (non-hydrogen) atoms. The van der Waals surface area contributed by atoms with Crippen molar-refractivity contribution in [1.82, 2.24) is 9.13 Å². The Labute approximate surface area is 286 Å². The van der Waals surface area contributed by atoms with E-state index in [0.29, 0.717) is 5.76 Å². The van der Waals surface area contributed by atoms with Gasteiger partial charge in [0.1, 0.15) is 11.7 Å². The maximum absolute atomic E-state index is 14.0. The molecule has 1 aliphatic rings. The fourth-order valence-electron chi connectivity index (χ4n) is 7.13. The molecule has 1 unspecified atom stereocenters. The van der Waals surface area contributed by atoms with E-state index in [-0.39, 0.29) is 17.8 Å². The third-order valence-corrected chi connectivity index (χ3v) is 10.1. The highest BCUT2D eigenvalue weighted by Gasteiger charge is 2.37. The number of nitrogens with zero attached hydrogens (tertiary/aromatic N) is 2. The molecule has 7 rings (SSSR count). The second-order valence-corrected chi connectivity index (χ2v) is 14.6. The molecule has 0 amide bonds. The van der Waals surface area contributed by atoms with Crippen molar-refractivity contribution in [2.45, 2.75) is 58.5 Å². The first-order chi connectivity index (χ1) is 22.2.